The molecule has 0 unspecified atom stereocenters. The third-order valence-corrected chi connectivity index (χ3v) is 1.93. The average Bonchev–Trinajstić information content (AvgIpc) is 2.25. The quantitative estimate of drug-likeness (QED) is 0.417. The maximum atomic E-state index is 10.8. The van der Waals surface area contributed by atoms with Crippen molar-refractivity contribution in [2.45, 2.75) is 12.2 Å². The molecule has 0 saturated heterocycles. The maximum absolute atomic E-state index is 10.8. The Kier molecular flexibility index (Phi) is 4.41. The number of nitrogens with one attached hydrogen (secondary N) is 1. The Hall–Kier alpha value is -1.78. The minimum Gasteiger partial charge on any atom is -0.555 e. The monoisotopic (exact) mass is 204 g/mol. The van der Waals surface area contributed by atoms with E-state index in [0.29, 0.717) is 12.8 Å². The molecule has 1 radical (unpaired) electrons. The summed E-state index contributed by atoms with van der Waals surface area (Å²) in [5, 5.41) is 15.5. The van der Waals surface area contributed by atoms with Gasteiger partial charge < -0.3 is 9.76 Å². The molecule has 1 aromatic rings. The van der Waals surface area contributed by atoms with Gasteiger partial charge >= 0.3 is 13.5 Å². The molecule has 0 fully saturated rings. The van der Waals surface area contributed by atoms with E-state index in [1.54, 1.807) is 0 Å². The molecular weight excluding hydrogens is 193 g/mol. The van der Waals surface area contributed by atoms with Gasteiger partial charge in [-0.25, -0.2) is 0 Å². The first-order chi connectivity index (χ1) is 7.24. The lowest BCUT2D eigenvalue weighted by atomic mass is 9.76. The predicted molar refractivity (Wildman–Crippen MR) is 57.2 cm³/mol. The number of rotatable bonds is 6. The molecule has 0 heterocycles. The van der Waals surface area contributed by atoms with Crippen LogP contribution in [-0.2, 0) is 15.9 Å². The molecule has 0 aliphatic rings. The van der Waals surface area contributed by atoms with Crippen molar-refractivity contribution >= 4 is 19.9 Å². The van der Waals surface area contributed by atoms with Gasteiger partial charge in [0, 0.05) is 0 Å². The van der Waals surface area contributed by atoms with Crippen LogP contribution in [0.5, 0.6) is 0 Å². The summed E-state index contributed by atoms with van der Waals surface area (Å²) in [5.74, 6) is -1.69. The average molecular weight is 204 g/mol. The molecule has 0 bridgehead atoms. The molecule has 0 aliphatic carbocycles. The SMILES string of the molecule is N=CO[B][C@@H](Cc1ccccc1)C(=O)O. The van der Waals surface area contributed by atoms with Crippen LogP contribution in [0.15, 0.2) is 30.3 Å². The number of carbonyl (C=O) groups is 1. The lowest BCUT2D eigenvalue weighted by molar-refractivity contribution is -0.137. The Balaban J connectivity index is 2.58. The van der Waals surface area contributed by atoms with E-state index in [2.05, 4.69) is 4.65 Å². The fourth-order valence-electron chi connectivity index (χ4n) is 1.20. The molecule has 0 spiro atoms. The largest absolute Gasteiger partial charge is 0.555 e. The van der Waals surface area contributed by atoms with Crippen LogP contribution in [0.2, 0.25) is 5.82 Å². The Bertz CT molecular complexity index is 329. The van der Waals surface area contributed by atoms with E-state index in [9.17, 15) is 4.79 Å². The molecule has 0 saturated carbocycles. The van der Waals surface area contributed by atoms with Crippen molar-refractivity contribution in [3.05, 3.63) is 35.9 Å². The molecule has 2 N–H and O–H groups in total. The third kappa shape index (κ3) is 3.85. The number of carboxylic acid groups (broad SMARTS) is 1. The summed E-state index contributed by atoms with van der Waals surface area (Å²) < 4.78 is 4.56. The van der Waals surface area contributed by atoms with Gasteiger partial charge in [-0.05, 0) is 12.0 Å². The second-order valence-electron chi connectivity index (χ2n) is 3.02. The Morgan fingerprint density at radius 2 is 2.20 bits per heavy atom. The van der Waals surface area contributed by atoms with E-state index in [-0.39, 0.29) is 0 Å². The first kappa shape index (κ1) is 11.3. The van der Waals surface area contributed by atoms with Gasteiger partial charge in [0.2, 0.25) is 0 Å². The summed E-state index contributed by atoms with van der Waals surface area (Å²) >= 11 is 0. The van der Waals surface area contributed by atoms with Crippen LogP contribution in [-0.4, -0.2) is 25.0 Å². The summed E-state index contributed by atoms with van der Waals surface area (Å²) in [5.41, 5.74) is 0.926. The highest BCUT2D eigenvalue weighted by molar-refractivity contribution is 6.38. The highest BCUT2D eigenvalue weighted by Crippen LogP contribution is 2.13. The number of hydrogen-bond acceptors (Lipinski definition) is 3. The third-order valence-electron chi connectivity index (χ3n) is 1.93. The van der Waals surface area contributed by atoms with E-state index in [1.807, 2.05) is 30.3 Å². The van der Waals surface area contributed by atoms with Gasteiger partial charge in [0.1, 0.15) is 6.40 Å². The van der Waals surface area contributed by atoms with E-state index in [4.69, 9.17) is 10.5 Å². The fourth-order valence-corrected chi connectivity index (χ4v) is 1.20. The van der Waals surface area contributed by atoms with Crippen LogP contribution in [0, 0.1) is 5.41 Å². The van der Waals surface area contributed by atoms with Gasteiger partial charge in [-0.2, -0.15) is 0 Å². The van der Waals surface area contributed by atoms with Gasteiger partial charge in [0.25, 0.3) is 0 Å². The second kappa shape index (κ2) is 5.85. The van der Waals surface area contributed by atoms with Crippen LogP contribution in [0.1, 0.15) is 5.56 Å². The van der Waals surface area contributed by atoms with Crippen molar-refractivity contribution in [1.29, 1.82) is 5.41 Å². The summed E-state index contributed by atoms with van der Waals surface area (Å²) in [6.45, 7) is 0. The standard InChI is InChI=1S/C10H11BNO3/c12-7-15-11-9(10(13)14)6-8-4-2-1-3-5-8/h1-5,7,9,12H,6H2,(H,13,14)/t9-/m0/s1. The van der Waals surface area contributed by atoms with Gasteiger partial charge in [-0.3, -0.25) is 10.2 Å². The highest BCUT2D eigenvalue weighted by Gasteiger charge is 2.21. The van der Waals surface area contributed by atoms with E-state index >= 15 is 0 Å². The number of aliphatic carboxylic acids is 1. The number of hydrogen-bond donors (Lipinski definition) is 2. The molecule has 0 aliphatic heterocycles. The summed E-state index contributed by atoms with van der Waals surface area (Å²) in [6.07, 6.45) is 1.07. The molecule has 4 nitrogen and oxygen atoms in total. The molecule has 1 rings (SSSR count). The second-order valence-corrected chi connectivity index (χ2v) is 3.02. The van der Waals surface area contributed by atoms with Crippen molar-refractivity contribution < 1.29 is 14.6 Å². The van der Waals surface area contributed by atoms with Crippen LogP contribution in [0.3, 0.4) is 0 Å². The van der Waals surface area contributed by atoms with Gasteiger partial charge in [-0.15, -0.1) is 0 Å². The van der Waals surface area contributed by atoms with Crippen LogP contribution in [0.4, 0.5) is 0 Å². The summed E-state index contributed by atoms with van der Waals surface area (Å²) in [7, 11) is 1.16. The van der Waals surface area contributed by atoms with Crippen LogP contribution >= 0.6 is 0 Å². The normalized spacial score (nSPS) is 11.5. The van der Waals surface area contributed by atoms with Crippen LogP contribution in [0.25, 0.3) is 0 Å². The highest BCUT2D eigenvalue weighted by atomic mass is 16.4. The topological polar surface area (TPSA) is 70.4 Å². The Labute approximate surface area is 88.7 Å². The van der Waals surface area contributed by atoms with Crippen molar-refractivity contribution in [3.8, 4) is 0 Å². The van der Waals surface area contributed by atoms with Crippen molar-refractivity contribution in [1.82, 2.24) is 0 Å². The first-order valence-electron chi connectivity index (χ1n) is 4.48. The molecule has 15 heavy (non-hydrogen) atoms. The van der Waals surface area contributed by atoms with E-state index in [1.165, 1.54) is 0 Å². The zero-order valence-corrected chi connectivity index (χ0v) is 8.09. The van der Waals surface area contributed by atoms with Crippen LogP contribution < -0.4 is 0 Å². The van der Waals surface area contributed by atoms with Crippen molar-refractivity contribution in [2.75, 3.05) is 0 Å². The lowest BCUT2D eigenvalue weighted by Gasteiger charge is -2.09. The van der Waals surface area contributed by atoms with Crippen molar-refractivity contribution in [2.24, 2.45) is 0 Å². The first-order valence-corrected chi connectivity index (χ1v) is 4.48. The number of benzene rings is 1. The smallest absolute Gasteiger partial charge is 0.386 e. The summed E-state index contributed by atoms with van der Waals surface area (Å²) in [6, 6.07) is 9.29. The molecule has 5 heteroatoms. The van der Waals surface area contributed by atoms with E-state index in [0.717, 1.165) is 13.0 Å². The Morgan fingerprint density at radius 3 is 2.73 bits per heavy atom. The predicted octanol–water partition coefficient (Wildman–Crippen LogP) is 1.35. The van der Waals surface area contributed by atoms with Gasteiger partial charge in [0.15, 0.2) is 0 Å². The van der Waals surface area contributed by atoms with Gasteiger partial charge in [-0.1, -0.05) is 30.3 Å². The fraction of sp³-hybridized carbons (Fsp3) is 0.200. The number of carboxylic acids is 1. The molecule has 1 aromatic carbocycles. The minimum absolute atomic E-state index is 0.365. The summed E-state index contributed by atoms with van der Waals surface area (Å²) in [4.78, 5) is 10.8. The Morgan fingerprint density at radius 1 is 1.53 bits per heavy atom. The van der Waals surface area contributed by atoms with E-state index < -0.39 is 11.8 Å². The molecule has 0 amide bonds. The molecule has 77 valence electrons. The lowest BCUT2D eigenvalue weighted by Crippen LogP contribution is -2.19. The molecular formula is C10H11BNO3. The zero-order chi connectivity index (χ0) is 11.1. The zero-order valence-electron chi connectivity index (χ0n) is 8.09. The maximum Gasteiger partial charge on any atom is 0.386 e. The minimum atomic E-state index is -0.958. The van der Waals surface area contributed by atoms with Gasteiger partial charge in [0.05, 0.1) is 5.82 Å². The molecule has 0 aromatic heterocycles. The van der Waals surface area contributed by atoms with Crippen molar-refractivity contribution in [3.63, 3.8) is 0 Å². The molecule has 1 atom stereocenters.